The number of halogens is 1. The number of aromatic nitrogens is 2. The van der Waals surface area contributed by atoms with Gasteiger partial charge in [-0.3, -0.25) is 0 Å². The van der Waals surface area contributed by atoms with Crippen LogP contribution in [0.25, 0.3) is 10.2 Å². The fourth-order valence-electron chi connectivity index (χ4n) is 1.52. The van der Waals surface area contributed by atoms with Crippen LogP contribution >= 0.6 is 34.7 Å². The molecule has 2 aromatic rings. The third-order valence-electron chi connectivity index (χ3n) is 2.47. The van der Waals surface area contributed by atoms with E-state index in [9.17, 15) is 0 Å². The van der Waals surface area contributed by atoms with Gasteiger partial charge in [0.05, 0.1) is 0 Å². The first kappa shape index (κ1) is 13.1. The summed E-state index contributed by atoms with van der Waals surface area (Å²) in [7, 11) is 0. The Kier molecular flexibility index (Phi) is 4.65. The molecule has 2 rings (SSSR count). The summed E-state index contributed by atoms with van der Waals surface area (Å²) in [6.45, 7) is 4.35. The Labute approximate surface area is 115 Å². The Morgan fingerprint density at radius 1 is 1.35 bits per heavy atom. The quantitative estimate of drug-likeness (QED) is 0.342. The molecule has 0 aliphatic carbocycles. The summed E-state index contributed by atoms with van der Waals surface area (Å²) in [5.41, 5.74) is 0. The summed E-state index contributed by atoms with van der Waals surface area (Å²) >= 11 is 9.46. The van der Waals surface area contributed by atoms with E-state index in [1.807, 2.05) is 0 Å². The molecule has 0 atom stereocenters. The van der Waals surface area contributed by atoms with Crippen LogP contribution in [-0.2, 0) is 6.42 Å². The van der Waals surface area contributed by atoms with Gasteiger partial charge in [0.15, 0.2) is 0 Å². The SMILES string of the molecule is CCCCSc1nc(Cl)nc2sc(CC)cc12. The molecule has 0 saturated carbocycles. The summed E-state index contributed by atoms with van der Waals surface area (Å²) in [6, 6.07) is 2.20. The highest BCUT2D eigenvalue weighted by Crippen LogP contribution is 2.32. The van der Waals surface area contributed by atoms with E-state index in [0.29, 0.717) is 5.28 Å². The van der Waals surface area contributed by atoms with Gasteiger partial charge in [0, 0.05) is 10.3 Å². The molecule has 0 fully saturated rings. The van der Waals surface area contributed by atoms with Gasteiger partial charge in [0.2, 0.25) is 5.28 Å². The average molecular weight is 287 g/mol. The summed E-state index contributed by atoms with van der Waals surface area (Å²) in [4.78, 5) is 11.0. The van der Waals surface area contributed by atoms with Crippen LogP contribution in [0.4, 0.5) is 0 Å². The second kappa shape index (κ2) is 6.03. The van der Waals surface area contributed by atoms with Crippen molar-refractivity contribution in [1.82, 2.24) is 9.97 Å². The van der Waals surface area contributed by atoms with Crippen molar-refractivity contribution < 1.29 is 0 Å². The molecule has 0 aromatic carbocycles. The molecular formula is C12H15ClN2S2. The first-order valence-electron chi connectivity index (χ1n) is 5.83. The first-order valence-corrected chi connectivity index (χ1v) is 8.01. The lowest BCUT2D eigenvalue weighted by Crippen LogP contribution is -1.87. The summed E-state index contributed by atoms with van der Waals surface area (Å²) in [5.74, 6) is 1.09. The molecule has 2 nitrogen and oxygen atoms in total. The fraction of sp³-hybridized carbons (Fsp3) is 0.500. The van der Waals surface area contributed by atoms with Crippen molar-refractivity contribution >= 4 is 44.9 Å². The van der Waals surface area contributed by atoms with Gasteiger partial charge >= 0.3 is 0 Å². The van der Waals surface area contributed by atoms with Crippen LogP contribution in [-0.4, -0.2) is 15.7 Å². The van der Waals surface area contributed by atoms with E-state index >= 15 is 0 Å². The Hall–Kier alpha value is -0.320. The summed E-state index contributed by atoms with van der Waals surface area (Å²) < 4.78 is 0. The minimum Gasteiger partial charge on any atom is -0.211 e. The summed E-state index contributed by atoms with van der Waals surface area (Å²) in [6.07, 6.45) is 3.45. The van der Waals surface area contributed by atoms with Crippen LogP contribution < -0.4 is 0 Å². The Bertz CT molecular complexity index is 510. The first-order chi connectivity index (χ1) is 8.24. The number of hydrogen-bond acceptors (Lipinski definition) is 4. The normalized spacial score (nSPS) is 11.2. The molecule has 0 aliphatic heterocycles. The van der Waals surface area contributed by atoms with E-state index in [1.54, 1.807) is 23.1 Å². The standard InChI is InChI=1S/C12H15ClN2S2/c1-3-5-6-16-10-9-7-8(4-2)17-11(9)15-12(13)14-10/h7H,3-6H2,1-2H3. The molecule has 0 unspecified atom stereocenters. The zero-order valence-electron chi connectivity index (χ0n) is 9.99. The third kappa shape index (κ3) is 3.12. The molecular weight excluding hydrogens is 272 g/mol. The second-order valence-electron chi connectivity index (χ2n) is 3.78. The van der Waals surface area contributed by atoms with Gasteiger partial charge in [-0.15, -0.1) is 23.1 Å². The van der Waals surface area contributed by atoms with Crippen molar-refractivity contribution in [3.63, 3.8) is 0 Å². The number of hydrogen-bond donors (Lipinski definition) is 0. The molecule has 0 saturated heterocycles. The Balaban J connectivity index is 2.34. The largest absolute Gasteiger partial charge is 0.224 e. The molecule has 0 spiro atoms. The molecule has 92 valence electrons. The number of fused-ring (bicyclic) bond motifs is 1. The van der Waals surface area contributed by atoms with Crippen LogP contribution in [0.15, 0.2) is 11.1 Å². The van der Waals surface area contributed by atoms with Gasteiger partial charge in [-0.1, -0.05) is 20.3 Å². The summed E-state index contributed by atoms with van der Waals surface area (Å²) in [5, 5.41) is 2.56. The lowest BCUT2D eigenvalue weighted by Gasteiger charge is -2.01. The van der Waals surface area contributed by atoms with E-state index in [2.05, 4.69) is 29.9 Å². The maximum Gasteiger partial charge on any atom is 0.224 e. The van der Waals surface area contributed by atoms with Crippen molar-refractivity contribution in [1.29, 1.82) is 0 Å². The maximum atomic E-state index is 5.96. The fourth-order valence-corrected chi connectivity index (χ4v) is 3.91. The van der Waals surface area contributed by atoms with Crippen molar-refractivity contribution in [2.24, 2.45) is 0 Å². The van der Waals surface area contributed by atoms with Crippen molar-refractivity contribution in [2.75, 3.05) is 5.75 Å². The van der Waals surface area contributed by atoms with Crippen LogP contribution in [0, 0.1) is 0 Å². The van der Waals surface area contributed by atoms with Gasteiger partial charge in [-0.05, 0) is 36.3 Å². The second-order valence-corrected chi connectivity index (χ2v) is 6.32. The lowest BCUT2D eigenvalue weighted by atomic mass is 10.3. The van der Waals surface area contributed by atoms with Gasteiger partial charge < -0.3 is 0 Å². The van der Waals surface area contributed by atoms with E-state index < -0.39 is 0 Å². The van der Waals surface area contributed by atoms with Crippen molar-refractivity contribution in [2.45, 2.75) is 38.1 Å². The number of nitrogens with zero attached hydrogens (tertiary/aromatic N) is 2. The molecule has 0 N–H and O–H groups in total. The van der Waals surface area contributed by atoms with Crippen LogP contribution in [0.1, 0.15) is 31.6 Å². The molecule has 2 heterocycles. The number of aryl methyl sites for hydroxylation is 1. The zero-order valence-corrected chi connectivity index (χ0v) is 12.4. The van der Waals surface area contributed by atoms with Gasteiger partial charge in [0.1, 0.15) is 9.86 Å². The Morgan fingerprint density at radius 3 is 2.88 bits per heavy atom. The zero-order chi connectivity index (χ0) is 12.3. The average Bonchev–Trinajstić information content (AvgIpc) is 2.72. The smallest absolute Gasteiger partial charge is 0.211 e. The van der Waals surface area contributed by atoms with Gasteiger partial charge in [-0.25, -0.2) is 9.97 Å². The topological polar surface area (TPSA) is 25.8 Å². The van der Waals surface area contributed by atoms with Gasteiger partial charge in [0.25, 0.3) is 0 Å². The minimum atomic E-state index is 0.362. The van der Waals surface area contributed by atoms with Gasteiger partial charge in [-0.2, -0.15) is 0 Å². The maximum absolute atomic E-state index is 5.96. The highest BCUT2D eigenvalue weighted by Gasteiger charge is 2.10. The molecule has 2 aromatic heterocycles. The number of rotatable bonds is 5. The van der Waals surface area contributed by atoms with Crippen LogP contribution in [0.2, 0.25) is 5.28 Å². The van der Waals surface area contributed by atoms with Crippen molar-refractivity contribution in [3.05, 3.63) is 16.2 Å². The lowest BCUT2D eigenvalue weighted by molar-refractivity contribution is 0.895. The van der Waals surface area contributed by atoms with E-state index in [-0.39, 0.29) is 0 Å². The predicted molar refractivity (Wildman–Crippen MR) is 77.4 cm³/mol. The number of thioether (sulfide) groups is 1. The molecule has 5 heteroatoms. The minimum absolute atomic E-state index is 0.362. The highest BCUT2D eigenvalue weighted by molar-refractivity contribution is 7.99. The predicted octanol–water partition coefficient (Wildman–Crippen LogP) is 4.80. The molecule has 17 heavy (non-hydrogen) atoms. The van der Waals surface area contributed by atoms with E-state index in [0.717, 1.165) is 27.4 Å². The van der Waals surface area contributed by atoms with Crippen molar-refractivity contribution in [3.8, 4) is 0 Å². The number of thiophene rings is 1. The molecule has 0 amide bonds. The Morgan fingerprint density at radius 2 is 2.18 bits per heavy atom. The molecule has 0 aliphatic rings. The number of unbranched alkanes of at least 4 members (excludes halogenated alkanes) is 1. The molecule has 0 bridgehead atoms. The van der Waals surface area contributed by atoms with Crippen LogP contribution in [0.3, 0.4) is 0 Å². The third-order valence-corrected chi connectivity index (χ3v) is 4.89. The van der Waals surface area contributed by atoms with Crippen LogP contribution in [0.5, 0.6) is 0 Å². The highest BCUT2D eigenvalue weighted by atomic mass is 35.5. The molecule has 0 radical (unpaired) electrons. The monoisotopic (exact) mass is 286 g/mol. The van der Waals surface area contributed by atoms with E-state index in [1.165, 1.54) is 17.7 Å². The van der Waals surface area contributed by atoms with E-state index in [4.69, 9.17) is 11.6 Å².